The third kappa shape index (κ3) is 5.45. The van der Waals surface area contributed by atoms with Gasteiger partial charge in [-0.2, -0.15) is 0 Å². The number of nitrogens with zero attached hydrogens (tertiary/aromatic N) is 1. The number of para-hydroxylation sites is 1. The summed E-state index contributed by atoms with van der Waals surface area (Å²) in [5.41, 5.74) is 5.24. The second-order valence-electron chi connectivity index (χ2n) is 7.95. The summed E-state index contributed by atoms with van der Waals surface area (Å²) in [5, 5.41) is 6.56. The van der Waals surface area contributed by atoms with Crippen molar-refractivity contribution in [2.75, 3.05) is 17.9 Å². The zero-order valence-electron chi connectivity index (χ0n) is 19.4. The molecule has 0 aliphatic heterocycles. The van der Waals surface area contributed by atoms with Crippen molar-refractivity contribution in [1.29, 1.82) is 0 Å². The Bertz CT molecular complexity index is 1470. The van der Waals surface area contributed by atoms with Gasteiger partial charge < -0.3 is 15.4 Å². The van der Waals surface area contributed by atoms with Gasteiger partial charge in [-0.05, 0) is 42.8 Å². The molecular formula is C26H22Cl2N4O4. The Morgan fingerprint density at radius 1 is 0.944 bits per heavy atom. The normalized spacial score (nSPS) is 10.7. The quantitative estimate of drug-likeness (QED) is 0.312. The highest BCUT2D eigenvalue weighted by Gasteiger charge is 2.23. The lowest BCUT2D eigenvalue weighted by molar-refractivity contribution is -0.136. The molecule has 8 nitrogen and oxygen atoms in total. The molecule has 184 valence electrons. The van der Waals surface area contributed by atoms with Crippen molar-refractivity contribution in [2.45, 2.75) is 13.5 Å². The van der Waals surface area contributed by atoms with E-state index in [-0.39, 0.29) is 17.3 Å². The number of nitrogens with one attached hydrogen (secondary N) is 3. The van der Waals surface area contributed by atoms with Crippen LogP contribution in [0.5, 0.6) is 5.75 Å². The second-order valence-corrected chi connectivity index (χ2v) is 8.79. The third-order valence-corrected chi connectivity index (χ3v) is 5.96. The summed E-state index contributed by atoms with van der Waals surface area (Å²) in [6.07, 6.45) is 0. The van der Waals surface area contributed by atoms with Crippen LogP contribution in [-0.4, -0.2) is 29.5 Å². The lowest BCUT2D eigenvalue weighted by atomic mass is 10.1. The zero-order valence-corrected chi connectivity index (χ0v) is 20.9. The molecule has 0 atom stereocenters. The van der Waals surface area contributed by atoms with Crippen LogP contribution < -0.4 is 20.8 Å². The molecule has 4 aromatic rings. The monoisotopic (exact) mass is 524 g/mol. The number of anilines is 1. The number of benzene rings is 3. The van der Waals surface area contributed by atoms with Gasteiger partial charge in [0.15, 0.2) is 0 Å². The summed E-state index contributed by atoms with van der Waals surface area (Å²) >= 11 is 12.1. The zero-order chi connectivity index (χ0) is 25.8. The molecule has 0 aliphatic carbocycles. The van der Waals surface area contributed by atoms with Crippen LogP contribution in [0.4, 0.5) is 5.69 Å². The number of methoxy groups -OCH3 is 1. The Hall–Kier alpha value is -4.01. The number of fused-ring (bicyclic) bond motifs is 1. The van der Waals surface area contributed by atoms with Crippen LogP contribution in [0.3, 0.4) is 0 Å². The number of rotatable bonds is 6. The Morgan fingerprint density at radius 2 is 1.69 bits per heavy atom. The molecule has 0 fully saturated rings. The van der Waals surface area contributed by atoms with E-state index in [1.807, 2.05) is 31.2 Å². The average molecular weight is 525 g/mol. The van der Waals surface area contributed by atoms with Crippen LogP contribution >= 0.6 is 23.2 Å². The minimum Gasteiger partial charge on any atom is -0.494 e. The minimum atomic E-state index is -0.955. The standard InChI is InChI=1S/C26H22Cl2N4O4/c1-15-6-8-16(9-7-15)14-29-25(34)26(35)31-32-21(12-17-4-3-5-22(36-2)23(17)32)24(33)30-20-11-10-18(27)13-19(20)28/h3-13H,14H2,1-2H3,(H,29,34)(H,30,33)(H,31,35). The van der Waals surface area contributed by atoms with Crippen LogP contribution in [0.25, 0.3) is 10.9 Å². The van der Waals surface area contributed by atoms with Crippen molar-refractivity contribution in [1.82, 2.24) is 9.99 Å². The van der Waals surface area contributed by atoms with E-state index in [4.69, 9.17) is 27.9 Å². The maximum atomic E-state index is 13.2. The summed E-state index contributed by atoms with van der Waals surface area (Å²) in [7, 11) is 1.47. The predicted molar refractivity (Wildman–Crippen MR) is 140 cm³/mol. The molecule has 3 N–H and O–H groups in total. The number of amides is 3. The smallest absolute Gasteiger partial charge is 0.328 e. The van der Waals surface area contributed by atoms with E-state index in [1.165, 1.54) is 17.9 Å². The molecule has 0 saturated heterocycles. The van der Waals surface area contributed by atoms with Crippen molar-refractivity contribution in [2.24, 2.45) is 0 Å². The first-order valence-electron chi connectivity index (χ1n) is 10.9. The molecule has 1 aromatic heterocycles. The van der Waals surface area contributed by atoms with Gasteiger partial charge in [0, 0.05) is 17.0 Å². The first kappa shape index (κ1) is 25.1. The summed E-state index contributed by atoms with van der Waals surface area (Å²) in [5.74, 6) is -1.99. The molecule has 0 unspecified atom stereocenters. The maximum Gasteiger partial charge on any atom is 0.328 e. The number of hydrogen-bond acceptors (Lipinski definition) is 4. The lowest BCUT2D eigenvalue weighted by Gasteiger charge is -2.14. The van der Waals surface area contributed by atoms with Crippen LogP contribution in [0.1, 0.15) is 21.6 Å². The van der Waals surface area contributed by atoms with Crippen molar-refractivity contribution < 1.29 is 19.1 Å². The molecule has 0 bridgehead atoms. The number of halogens is 2. The van der Waals surface area contributed by atoms with E-state index in [0.29, 0.717) is 27.4 Å². The van der Waals surface area contributed by atoms with E-state index in [9.17, 15) is 14.4 Å². The number of ether oxygens (including phenoxy) is 1. The molecule has 4 rings (SSSR count). The van der Waals surface area contributed by atoms with Crippen molar-refractivity contribution in [3.63, 3.8) is 0 Å². The van der Waals surface area contributed by atoms with Crippen molar-refractivity contribution in [3.05, 3.63) is 93.6 Å². The average Bonchev–Trinajstić information content (AvgIpc) is 3.23. The molecule has 0 saturated carbocycles. The molecule has 36 heavy (non-hydrogen) atoms. The van der Waals surface area contributed by atoms with Gasteiger partial charge in [0.1, 0.15) is 17.0 Å². The summed E-state index contributed by atoms with van der Waals surface area (Å²) in [4.78, 5) is 38.6. The van der Waals surface area contributed by atoms with E-state index >= 15 is 0 Å². The van der Waals surface area contributed by atoms with E-state index in [2.05, 4.69) is 16.1 Å². The number of carbonyl (C=O) groups is 3. The van der Waals surface area contributed by atoms with Gasteiger partial charge in [0.2, 0.25) is 0 Å². The van der Waals surface area contributed by atoms with Crippen LogP contribution in [0, 0.1) is 6.92 Å². The Morgan fingerprint density at radius 3 is 2.39 bits per heavy atom. The van der Waals surface area contributed by atoms with Gasteiger partial charge in [-0.1, -0.05) is 65.2 Å². The van der Waals surface area contributed by atoms with Gasteiger partial charge in [0.25, 0.3) is 5.91 Å². The van der Waals surface area contributed by atoms with Gasteiger partial charge >= 0.3 is 11.8 Å². The fourth-order valence-corrected chi connectivity index (χ4v) is 4.03. The Kier molecular flexibility index (Phi) is 7.47. The predicted octanol–water partition coefficient (Wildman–Crippen LogP) is 4.90. The van der Waals surface area contributed by atoms with Gasteiger partial charge in [0.05, 0.1) is 17.8 Å². The van der Waals surface area contributed by atoms with Gasteiger partial charge in [-0.25, -0.2) is 4.68 Å². The van der Waals surface area contributed by atoms with Gasteiger partial charge in [-0.3, -0.25) is 19.8 Å². The number of carbonyl (C=O) groups excluding carboxylic acids is 3. The topological polar surface area (TPSA) is 101 Å². The molecule has 0 spiro atoms. The highest BCUT2D eigenvalue weighted by atomic mass is 35.5. The van der Waals surface area contributed by atoms with E-state index < -0.39 is 17.7 Å². The maximum absolute atomic E-state index is 13.2. The molecule has 1 heterocycles. The SMILES string of the molecule is COc1cccc2cc(C(=O)Nc3ccc(Cl)cc3Cl)n(NC(=O)C(=O)NCc3ccc(C)cc3)c12. The van der Waals surface area contributed by atoms with Gasteiger partial charge in [-0.15, -0.1) is 0 Å². The summed E-state index contributed by atoms with van der Waals surface area (Å²) < 4.78 is 6.65. The second kappa shape index (κ2) is 10.7. The van der Waals surface area contributed by atoms with E-state index in [1.54, 1.807) is 36.4 Å². The first-order chi connectivity index (χ1) is 17.3. The Balaban J connectivity index is 1.61. The van der Waals surface area contributed by atoms with Crippen LogP contribution in [0.15, 0.2) is 66.7 Å². The molecule has 3 amide bonds. The Labute approximate surface area is 217 Å². The summed E-state index contributed by atoms with van der Waals surface area (Å²) in [6, 6.07) is 19.0. The number of aromatic nitrogens is 1. The highest BCUT2D eigenvalue weighted by Crippen LogP contribution is 2.30. The first-order valence-corrected chi connectivity index (χ1v) is 11.6. The van der Waals surface area contributed by atoms with Crippen LogP contribution in [-0.2, 0) is 16.1 Å². The third-order valence-electron chi connectivity index (χ3n) is 5.41. The molecule has 3 aromatic carbocycles. The fraction of sp³-hybridized carbons (Fsp3) is 0.115. The molecular weight excluding hydrogens is 503 g/mol. The largest absolute Gasteiger partial charge is 0.494 e. The number of aryl methyl sites for hydroxylation is 1. The van der Waals surface area contributed by atoms with Crippen LogP contribution in [0.2, 0.25) is 10.0 Å². The summed E-state index contributed by atoms with van der Waals surface area (Å²) in [6.45, 7) is 2.13. The van der Waals surface area contributed by atoms with Crippen molar-refractivity contribution >= 4 is 57.5 Å². The van der Waals surface area contributed by atoms with Crippen molar-refractivity contribution in [3.8, 4) is 5.75 Å². The molecule has 10 heteroatoms. The van der Waals surface area contributed by atoms with E-state index in [0.717, 1.165) is 11.1 Å². The number of hydrogen-bond donors (Lipinski definition) is 3. The minimum absolute atomic E-state index is 0.0557. The highest BCUT2D eigenvalue weighted by molar-refractivity contribution is 6.38. The fourth-order valence-electron chi connectivity index (χ4n) is 3.57. The molecule has 0 aliphatic rings. The molecule has 0 radical (unpaired) electrons. The lowest BCUT2D eigenvalue weighted by Crippen LogP contribution is -2.39.